The average molecular weight is 746 g/mol. The van der Waals surface area contributed by atoms with Crippen LogP contribution in [0.4, 0.5) is 11.4 Å². The van der Waals surface area contributed by atoms with Gasteiger partial charge < -0.3 is 33.8 Å². The summed E-state index contributed by atoms with van der Waals surface area (Å²) in [5, 5.41) is 5.49. The van der Waals surface area contributed by atoms with Crippen LogP contribution in [0.3, 0.4) is 0 Å². The third-order valence-electron chi connectivity index (χ3n) is 10.2. The van der Waals surface area contributed by atoms with Crippen LogP contribution in [0.1, 0.15) is 69.3 Å². The highest BCUT2D eigenvalue weighted by atomic mass is 35.5. The molecule has 1 aliphatic rings. The Labute approximate surface area is 305 Å². The first-order valence-corrected chi connectivity index (χ1v) is 20.4. The lowest BCUT2D eigenvalue weighted by atomic mass is 9.95. The fourth-order valence-corrected chi connectivity index (χ4v) is 7.95. The Morgan fingerprint density at radius 3 is 2.51 bits per heavy atom. The number of aromatic nitrogens is 2. The number of aryl methyl sites for hydroxylation is 1. The summed E-state index contributed by atoms with van der Waals surface area (Å²) in [7, 11) is -1.02. The van der Waals surface area contributed by atoms with Crippen molar-refractivity contribution in [3.05, 3.63) is 87.9 Å². The minimum Gasteiger partial charge on any atom is -0.542 e. The van der Waals surface area contributed by atoms with Crippen LogP contribution in [0.15, 0.2) is 59.0 Å². The van der Waals surface area contributed by atoms with Crippen molar-refractivity contribution in [2.45, 2.75) is 51.7 Å². The molecule has 0 aliphatic carbocycles. The third-order valence-corrected chi connectivity index (χ3v) is 15.1. The van der Waals surface area contributed by atoms with E-state index in [0.717, 1.165) is 16.5 Å². The van der Waals surface area contributed by atoms with Gasteiger partial charge in [-0.1, -0.05) is 32.4 Å². The molecule has 0 radical (unpaired) electrons. The molecule has 0 saturated carbocycles. The molecule has 7 rings (SSSR count). The number of anilines is 2. The lowest BCUT2D eigenvalue weighted by molar-refractivity contribution is 0.0602. The molecular formula is C38H38Cl2N4O6Si. The standard InChI is InChI=1S/C38H38Cl2N4O6Si/c1-19-31(37(47)48-5)33-32-22(17-39)18-44(27(32)16-29(34(33)41-19)50-51(6,7)38(2,3)4)36(46)30-15-21-13-24(9-11-28(21)49-30)42-35(45)26-14-20-12-23(40)8-10-25(20)43-26/h8-16,22,41,43H,17-18H2,1-7H3,(H,42,45)/t22-/m1/s1. The van der Waals surface area contributed by atoms with E-state index < -0.39 is 14.3 Å². The Morgan fingerprint density at radius 2 is 1.80 bits per heavy atom. The quantitative estimate of drug-likeness (QED) is 0.0848. The highest BCUT2D eigenvalue weighted by Gasteiger charge is 2.42. The molecule has 10 nitrogen and oxygen atoms in total. The van der Waals surface area contributed by atoms with Gasteiger partial charge in [-0.05, 0) is 79.2 Å². The number of methoxy groups -OCH3 is 1. The number of esters is 1. The number of aromatic amines is 2. The monoisotopic (exact) mass is 744 g/mol. The molecule has 0 bridgehead atoms. The summed E-state index contributed by atoms with van der Waals surface area (Å²) in [5.74, 6) is -0.566. The van der Waals surface area contributed by atoms with Crippen LogP contribution in [-0.4, -0.2) is 55.6 Å². The fourth-order valence-electron chi connectivity index (χ4n) is 6.50. The van der Waals surface area contributed by atoms with E-state index in [9.17, 15) is 14.4 Å². The van der Waals surface area contributed by atoms with E-state index in [-0.39, 0.29) is 41.0 Å². The predicted octanol–water partition coefficient (Wildman–Crippen LogP) is 9.76. The van der Waals surface area contributed by atoms with Crippen molar-refractivity contribution in [1.82, 2.24) is 9.97 Å². The van der Waals surface area contributed by atoms with Gasteiger partial charge in [0.1, 0.15) is 17.0 Å². The Morgan fingerprint density at radius 1 is 1.04 bits per heavy atom. The van der Waals surface area contributed by atoms with E-state index in [1.807, 2.05) is 19.1 Å². The molecule has 3 aromatic heterocycles. The molecule has 0 fully saturated rings. The van der Waals surface area contributed by atoms with Crippen molar-refractivity contribution in [2.75, 3.05) is 29.8 Å². The van der Waals surface area contributed by atoms with Crippen LogP contribution < -0.4 is 14.6 Å². The number of furan rings is 1. The summed E-state index contributed by atoms with van der Waals surface area (Å²) in [6.45, 7) is 12.8. The molecule has 13 heteroatoms. The third kappa shape index (κ3) is 5.96. The molecule has 2 amide bonds. The smallest absolute Gasteiger partial charge is 0.340 e. The summed E-state index contributed by atoms with van der Waals surface area (Å²) in [6, 6.07) is 15.8. The SMILES string of the molecule is COC(=O)c1c(C)[nH]c2c(O[Si](C)(C)C(C)(C)C)cc3c(c12)[C@H](CCl)CN3C(=O)c1cc2cc(NC(=O)c3cc4cc(Cl)ccc4[nH]3)ccc2o1. The number of fused-ring (bicyclic) bond motifs is 5. The molecule has 0 spiro atoms. The van der Waals surface area contributed by atoms with Gasteiger partial charge in [-0.3, -0.25) is 9.59 Å². The topological polar surface area (TPSA) is 130 Å². The number of amides is 2. The summed E-state index contributed by atoms with van der Waals surface area (Å²) in [6.07, 6.45) is 0. The van der Waals surface area contributed by atoms with Gasteiger partial charge in [0.25, 0.3) is 20.1 Å². The highest BCUT2D eigenvalue weighted by molar-refractivity contribution is 6.74. The molecule has 264 valence electrons. The average Bonchev–Trinajstić information content (AvgIpc) is 3.85. The minimum atomic E-state index is -2.37. The van der Waals surface area contributed by atoms with Gasteiger partial charge >= 0.3 is 5.97 Å². The number of ether oxygens (including phenoxy) is 1. The zero-order valence-corrected chi connectivity index (χ0v) is 31.9. The van der Waals surface area contributed by atoms with Gasteiger partial charge in [-0.25, -0.2) is 4.79 Å². The number of alkyl halides is 1. The van der Waals surface area contributed by atoms with Crippen molar-refractivity contribution in [1.29, 1.82) is 0 Å². The molecule has 3 aromatic carbocycles. The zero-order valence-electron chi connectivity index (χ0n) is 29.3. The van der Waals surface area contributed by atoms with Crippen molar-refractivity contribution in [2.24, 2.45) is 0 Å². The lowest BCUT2D eigenvalue weighted by Crippen LogP contribution is -2.44. The summed E-state index contributed by atoms with van der Waals surface area (Å²) < 4.78 is 18.2. The number of hydrogen-bond donors (Lipinski definition) is 3. The van der Waals surface area contributed by atoms with Gasteiger partial charge in [0.2, 0.25) is 0 Å². The van der Waals surface area contributed by atoms with Crippen LogP contribution in [0.2, 0.25) is 23.2 Å². The Hall–Kier alpha value is -4.71. The first kappa shape index (κ1) is 34.7. The zero-order chi connectivity index (χ0) is 36.6. The summed E-state index contributed by atoms with van der Waals surface area (Å²) in [4.78, 5) is 48.8. The molecule has 3 N–H and O–H groups in total. The number of halogens is 2. The second-order valence-electron chi connectivity index (χ2n) is 14.5. The maximum Gasteiger partial charge on any atom is 0.340 e. The Bertz CT molecular complexity index is 2400. The van der Waals surface area contributed by atoms with Gasteiger partial charge in [-0.15, -0.1) is 11.6 Å². The molecule has 0 unspecified atom stereocenters. The van der Waals surface area contributed by atoms with Crippen molar-refractivity contribution < 1.29 is 28.0 Å². The summed E-state index contributed by atoms with van der Waals surface area (Å²) in [5.41, 5.74) is 5.28. The number of nitrogens with one attached hydrogen (secondary N) is 3. The highest BCUT2D eigenvalue weighted by Crippen LogP contribution is 2.49. The fraction of sp³-hybridized carbons (Fsp3) is 0.289. The number of carbonyl (C=O) groups excluding carboxylic acids is 3. The van der Waals surface area contributed by atoms with Gasteiger partial charge in [0.05, 0.1) is 23.9 Å². The lowest BCUT2D eigenvalue weighted by Gasteiger charge is -2.36. The number of benzene rings is 3. The van der Waals surface area contributed by atoms with Gasteiger partial charge in [-0.2, -0.15) is 0 Å². The minimum absolute atomic E-state index is 0.115. The number of nitrogens with zero attached hydrogens (tertiary/aromatic N) is 1. The van der Waals surface area contributed by atoms with Crippen molar-refractivity contribution in [3.8, 4) is 5.75 Å². The number of H-pyrrole nitrogens is 2. The van der Waals surface area contributed by atoms with E-state index in [1.54, 1.807) is 47.4 Å². The molecule has 0 saturated heterocycles. The molecule has 1 aliphatic heterocycles. The largest absolute Gasteiger partial charge is 0.542 e. The second-order valence-corrected chi connectivity index (χ2v) is 20.0. The first-order chi connectivity index (χ1) is 24.1. The van der Waals surface area contributed by atoms with E-state index >= 15 is 0 Å². The maximum absolute atomic E-state index is 14.3. The van der Waals surface area contributed by atoms with E-state index in [4.69, 9.17) is 36.8 Å². The molecule has 1 atom stereocenters. The predicted molar refractivity (Wildman–Crippen MR) is 205 cm³/mol. The van der Waals surface area contributed by atoms with E-state index in [2.05, 4.69) is 49.1 Å². The first-order valence-electron chi connectivity index (χ1n) is 16.6. The van der Waals surface area contributed by atoms with Crippen LogP contribution in [0, 0.1) is 6.92 Å². The maximum atomic E-state index is 14.3. The summed E-state index contributed by atoms with van der Waals surface area (Å²) >= 11 is 12.7. The van der Waals surface area contributed by atoms with Crippen LogP contribution in [0.25, 0.3) is 32.8 Å². The number of rotatable bonds is 7. The Balaban J connectivity index is 1.26. The van der Waals surface area contributed by atoms with Crippen molar-refractivity contribution >= 4 is 93.5 Å². The van der Waals surface area contributed by atoms with Gasteiger partial charge in [0.15, 0.2) is 5.76 Å². The van der Waals surface area contributed by atoms with Crippen LogP contribution in [-0.2, 0) is 4.74 Å². The second kappa shape index (κ2) is 12.5. The molecule has 4 heterocycles. The Kier molecular flexibility index (Phi) is 8.51. The molecule has 51 heavy (non-hydrogen) atoms. The van der Waals surface area contributed by atoms with Gasteiger partial charge in [0, 0.05) is 62.5 Å². The van der Waals surface area contributed by atoms with Crippen molar-refractivity contribution in [3.63, 3.8) is 0 Å². The molecule has 6 aromatic rings. The van der Waals surface area contributed by atoms with E-state index in [0.29, 0.717) is 61.0 Å². The number of carbonyl (C=O) groups is 3. The number of hydrogen-bond acceptors (Lipinski definition) is 6. The van der Waals surface area contributed by atoms with Crippen LogP contribution >= 0.6 is 23.2 Å². The normalized spacial score (nSPS) is 14.8. The van der Waals surface area contributed by atoms with E-state index in [1.165, 1.54) is 7.11 Å². The van der Waals surface area contributed by atoms with Crippen LogP contribution in [0.5, 0.6) is 5.75 Å². The molecular weight excluding hydrogens is 707 g/mol.